The Hall–Kier alpha value is -1.89. The lowest BCUT2D eigenvalue weighted by molar-refractivity contribution is -0.122. The third-order valence-corrected chi connectivity index (χ3v) is 5.25. The Morgan fingerprint density at radius 2 is 2.04 bits per heavy atom. The van der Waals surface area contributed by atoms with E-state index in [1.165, 1.54) is 18.9 Å². The highest BCUT2D eigenvalue weighted by atomic mass is 19.3. The maximum absolute atomic E-state index is 12.7. The van der Waals surface area contributed by atoms with E-state index in [1.807, 2.05) is 6.92 Å². The molecule has 3 rings (SSSR count). The van der Waals surface area contributed by atoms with Gasteiger partial charge in [0.05, 0.1) is 6.61 Å². The maximum Gasteiger partial charge on any atom is 0.387 e. The molecule has 2 fully saturated rings. The number of halogens is 2. The molecule has 27 heavy (non-hydrogen) atoms. The lowest BCUT2D eigenvalue weighted by Gasteiger charge is -2.28. The Labute approximate surface area is 158 Å². The third-order valence-electron chi connectivity index (χ3n) is 5.25. The smallest absolute Gasteiger partial charge is 0.387 e. The van der Waals surface area contributed by atoms with Crippen LogP contribution in [0.25, 0.3) is 0 Å². The second-order valence-corrected chi connectivity index (χ2v) is 7.45. The Balaban J connectivity index is 1.54. The van der Waals surface area contributed by atoms with Crippen molar-refractivity contribution in [2.75, 3.05) is 6.61 Å². The molecule has 2 aliphatic heterocycles. The molecule has 150 valence electrons. The van der Waals surface area contributed by atoms with Crippen LogP contribution in [0.2, 0.25) is 0 Å². The quantitative estimate of drug-likeness (QED) is 0.685. The molecular formula is C20H28F2N2O3. The monoisotopic (exact) mass is 382 g/mol. The normalized spacial score (nSPS) is 24.1. The Kier molecular flexibility index (Phi) is 6.88. The van der Waals surface area contributed by atoms with Crippen molar-refractivity contribution in [2.45, 2.75) is 70.7 Å². The molecule has 1 aromatic carbocycles. The van der Waals surface area contributed by atoms with E-state index < -0.39 is 6.61 Å². The summed E-state index contributed by atoms with van der Waals surface area (Å²) in [5, 5.41) is 6.41. The van der Waals surface area contributed by atoms with Crippen LogP contribution < -0.4 is 20.1 Å². The molecule has 0 spiro atoms. The minimum Gasteiger partial charge on any atom is -0.493 e. The first-order chi connectivity index (χ1) is 13.0. The Morgan fingerprint density at radius 3 is 2.70 bits per heavy atom. The van der Waals surface area contributed by atoms with E-state index >= 15 is 0 Å². The van der Waals surface area contributed by atoms with Crippen LogP contribution in [0.3, 0.4) is 0 Å². The third kappa shape index (κ3) is 5.79. The number of fused-ring (bicyclic) bond motifs is 2. The number of hydrogen-bond donors (Lipinski definition) is 2. The van der Waals surface area contributed by atoms with Crippen LogP contribution in [0.4, 0.5) is 8.78 Å². The predicted molar refractivity (Wildman–Crippen MR) is 98.0 cm³/mol. The zero-order chi connectivity index (χ0) is 19.2. The summed E-state index contributed by atoms with van der Waals surface area (Å²) in [5.41, 5.74) is 0.512. The van der Waals surface area contributed by atoms with Crippen LogP contribution >= 0.6 is 0 Å². The van der Waals surface area contributed by atoms with Crippen LogP contribution in [0.15, 0.2) is 18.2 Å². The van der Waals surface area contributed by atoms with Gasteiger partial charge in [-0.3, -0.25) is 4.79 Å². The second kappa shape index (κ2) is 9.35. The van der Waals surface area contributed by atoms with Gasteiger partial charge in [-0.15, -0.1) is 0 Å². The summed E-state index contributed by atoms with van der Waals surface area (Å²) < 4.78 is 35.5. The molecule has 2 heterocycles. The zero-order valence-corrected chi connectivity index (χ0v) is 15.7. The minimum atomic E-state index is -2.92. The number of nitrogens with one attached hydrogen (secondary N) is 2. The van der Waals surface area contributed by atoms with E-state index in [2.05, 4.69) is 15.4 Å². The van der Waals surface area contributed by atoms with Crippen molar-refractivity contribution in [3.05, 3.63) is 23.8 Å². The molecule has 0 aliphatic carbocycles. The summed E-state index contributed by atoms with van der Waals surface area (Å²) in [4.78, 5) is 12.3. The van der Waals surface area contributed by atoms with Crippen molar-refractivity contribution in [3.63, 3.8) is 0 Å². The van der Waals surface area contributed by atoms with Gasteiger partial charge in [0.25, 0.3) is 0 Å². The van der Waals surface area contributed by atoms with Gasteiger partial charge < -0.3 is 20.1 Å². The van der Waals surface area contributed by atoms with Crippen molar-refractivity contribution in [2.24, 2.45) is 5.92 Å². The largest absolute Gasteiger partial charge is 0.493 e. The summed E-state index contributed by atoms with van der Waals surface area (Å²) in [6.45, 7) is -0.296. The lowest BCUT2D eigenvalue weighted by Crippen LogP contribution is -2.39. The first kappa shape index (κ1) is 19.9. The number of ether oxygens (including phenoxy) is 2. The highest BCUT2D eigenvalue weighted by molar-refractivity contribution is 5.76. The van der Waals surface area contributed by atoms with E-state index in [0.29, 0.717) is 42.3 Å². The summed E-state index contributed by atoms with van der Waals surface area (Å²) in [5.74, 6) is 0.868. The molecule has 2 aliphatic rings. The number of piperidine rings is 1. The number of carbonyl (C=O) groups excluding carboxylic acids is 1. The van der Waals surface area contributed by atoms with E-state index in [4.69, 9.17) is 4.74 Å². The number of hydrogen-bond acceptors (Lipinski definition) is 4. The van der Waals surface area contributed by atoms with Gasteiger partial charge in [-0.25, -0.2) is 0 Å². The average Bonchev–Trinajstić information content (AvgIpc) is 2.97. The molecule has 2 unspecified atom stereocenters. The first-order valence-electron chi connectivity index (χ1n) is 9.76. The molecule has 2 N–H and O–H groups in total. The van der Waals surface area contributed by atoms with Crippen LogP contribution in [0.5, 0.6) is 11.5 Å². The van der Waals surface area contributed by atoms with Crippen molar-refractivity contribution < 1.29 is 23.0 Å². The van der Waals surface area contributed by atoms with Gasteiger partial charge in [-0.05, 0) is 50.2 Å². The van der Waals surface area contributed by atoms with Gasteiger partial charge in [0.1, 0.15) is 11.5 Å². The number of carbonyl (C=O) groups is 1. The van der Waals surface area contributed by atoms with Gasteiger partial charge in [-0.1, -0.05) is 6.92 Å². The van der Waals surface area contributed by atoms with Gasteiger partial charge >= 0.3 is 6.61 Å². The zero-order valence-electron chi connectivity index (χ0n) is 15.7. The first-order valence-corrected chi connectivity index (χ1v) is 9.76. The van der Waals surface area contributed by atoms with E-state index in [-0.39, 0.29) is 18.2 Å². The second-order valence-electron chi connectivity index (χ2n) is 7.45. The SMILES string of the molecule is CCCOc1ccc(CNC(=O)CC2CC3CCC(C2)N3)c(OC(F)F)c1. The van der Waals surface area contributed by atoms with Crippen molar-refractivity contribution in [1.82, 2.24) is 10.6 Å². The fourth-order valence-electron chi connectivity index (χ4n) is 4.07. The number of amides is 1. The summed E-state index contributed by atoms with van der Waals surface area (Å²) in [6.07, 6.45) is 5.77. The molecule has 1 amide bonds. The van der Waals surface area contributed by atoms with Gasteiger partial charge in [0.2, 0.25) is 5.91 Å². The van der Waals surface area contributed by atoms with Crippen molar-refractivity contribution in [3.8, 4) is 11.5 Å². The Morgan fingerprint density at radius 1 is 1.30 bits per heavy atom. The molecule has 0 saturated carbocycles. The molecule has 0 aromatic heterocycles. The van der Waals surface area contributed by atoms with E-state index in [1.54, 1.807) is 12.1 Å². The molecule has 1 aromatic rings. The lowest BCUT2D eigenvalue weighted by atomic mass is 9.89. The average molecular weight is 382 g/mol. The van der Waals surface area contributed by atoms with Gasteiger partial charge in [0, 0.05) is 36.7 Å². The van der Waals surface area contributed by atoms with Gasteiger partial charge in [0.15, 0.2) is 0 Å². The summed E-state index contributed by atoms with van der Waals surface area (Å²) in [6, 6.07) is 5.91. The molecular weight excluding hydrogens is 354 g/mol. The van der Waals surface area contributed by atoms with Crippen LogP contribution in [0.1, 0.15) is 51.0 Å². The highest BCUT2D eigenvalue weighted by Crippen LogP contribution is 2.32. The van der Waals surface area contributed by atoms with Crippen molar-refractivity contribution in [1.29, 1.82) is 0 Å². The van der Waals surface area contributed by atoms with Crippen molar-refractivity contribution >= 4 is 5.91 Å². The molecule has 2 saturated heterocycles. The molecule has 2 bridgehead atoms. The van der Waals surface area contributed by atoms with Crippen LogP contribution in [0, 0.1) is 5.92 Å². The molecule has 7 heteroatoms. The maximum atomic E-state index is 12.7. The van der Waals surface area contributed by atoms with Gasteiger partial charge in [-0.2, -0.15) is 8.78 Å². The molecule has 2 atom stereocenters. The highest BCUT2D eigenvalue weighted by Gasteiger charge is 2.34. The van der Waals surface area contributed by atoms with E-state index in [9.17, 15) is 13.6 Å². The predicted octanol–water partition coefficient (Wildman–Crippen LogP) is 3.61. The minimum absolute atomic E-state index is 0.0406. The topological polar surface area (TPSA) is 59.6 Å². The fraction of sp³-hybridized carbons (Fsp3) is 0.650. The van der Waals surface area contributed by atoms with Crippen LogP contribution in [-0.2, 0) is 11.3 Å². The standard InChI is InChI=1S/C20H28F2N2O3/c1-2-7-26-17-6-3-14(18(11-17)27-20(21)22)12-23-19(25)10-13-8-15-4-5-16(9-13)24-15/h3,6,11,13,15-16,20,24H,2,4-5,7-10,12H2,1H3,(H,23,25). The Bertz CT molecular complexity index is 630. The molecule has 5 nitrogen and oxygen atoms in total. The van der Waals surface area contributed by atoms with E-state index in [0.717, 1.165) is 19.3 Å². The summed E-state index contributed by atoms with van der Waals surface area (Å²) >= 11 is 0. The number of rotatable bonds is 9. The van der Waals surface area contributed by atoms with Crippen LogP contribution in [-0.4, -0.2) is 31.2 Å². The number of benzene rings is 1. The summed E-state index contributed by atoms with van der Waals surface area (Å²) in [7, 11) is 0. The molecule has 0 radical (unpaired) electrons. The fourth-order valence-corrected chi connectivity index (χ4v) is 4.07. The number of alkyl halides is 2.